The summed E-state index contributed by atoms with van der Waals surface area (Å²) in [5.74, 6) is 1.34. The Labute approximate surface area is 94.1 Å². The van der Waals surface area contributed by atoms with Crippen molar-refractivity contribution in [3.8, 4) is 5.75 Å². The third-order valence-corrected chi connectivity index (χ3v) is 2.34. The average Bonchev–Trinajstić information content (AvgIpc) is 2.39. The molecule has 0 bridgehead atoms. The van der Waals surface area contributed by atoms with E-state index in [-0.39, 0.29) is 6.04 Å². The van der Waals surface area contributed by atoms with Gasteiger partial charge in [-0.05, 0) is 12.1 Å². The van der Waals surface area contributed by atoms with Crippen molar-refractivity contribution < 1.29 is 4.74 Å². The maximum Gasteiger partial charge on any atom is 0.149 e. The summed E-state index contributed by atoms with van der Waals surface area (Å²) in [6, 6.07) is 9.01. The highest BCUT2D eigenvalue weighted by atomic mass is 16.5. The van der Waals surface area contributed by atoms with E-state index in [0.717, 1.165) is 11.3 Å². The molecule has 0 amide bonds. The Bertz CT molecular complexity index is 459. The van der Waals surface area contributed by atoms with E-state index in [4.69, 9.17) is 10.5 Å². The largest absolute Gasteiger partial charge is 0.496 e. The molecule has 4 heteroatoms. The summed E-state index contributed by atoms with van der Waals surface area (Å²) in [5, 5.41) is 0. The van der Waals surface area contributed by atoms with Crippen LogP contribution in [0.25, 0.3) is 0 Å². The number of methoxy groups -OCH3 is 1. The zero-order valence-corrected chi connectivity index (χ0v) is 9.00. The normalized spacial score (nSPS) is 12.1. The van der Waals surface area contributed by atoms with Gasteiger partial charge in [0.1, 0.15) is 11.6 Å². The summed E-state index contributed by atoms with van der Waals surface area (Å²) >= 11 is 0. The zero-order valence-electron chi connectivity index (χ0n) is 9.00. The molecule has 0 aliphatic heterocycles. The molecule has 2 aromatic rings. The van der Waals surface area contributed by atoms with Crippen LogP contribution in [0.1, 0.15) is 17.4 Å². The highest BCUT2D eigenvalue weighted by molar-refractivity contribution is 5.38. The van der Waals surface area contributed by atoms with Gasteiger partial charge in [0.25, 0.3) is 0 Å². The minimum absolute atomic E-state index is 0.364. The van der Waals surface area contributed by atoms with Gasteiger partial charge in [0.2, 0.25) is 0 Å². The Balaban J connectivity index is 2.37. The van der Waals surface area contributed by atoms with Crippen molar-refractivity contribution in [3.05, 3.63) is 54.1 Å². The summed E-state index contributed by atoms with van der Waals surface area (Å²) in [4.78, 5) is 8.28. The first kappa shape index (κ1) is 10.6. The van der Waals surface area contributed by atoms with Crippen LogP contribution in [0, 0.1) is 0 Å². The fraction of sp³-hybridized carbons (Fsp3) is 0.167. The number of hydrogen-bond acceptors (Lipinski definition) is 4. The first-order valence-corrected chi connectivity index (χ1v) is 4.98. The molecule has 0 radical (unpaired) electrons. The second-order valence-corrected chi connectivity index (χ2v) is 3.33. The van der Waals surface area contributed by atoms with Crippen LogP contribution in [-0.2, 0) is 0 Å². The topological polar surface area (TPSA) is 61.0 Å². The number of ether oxygens (including phenoxy) is 1. The van der Waals surface area contributed by atoms with Gasteiger partial charge in [-0.15, -0.1) is 0 Å². The Morgan fingerprint density at radius 2 is 1.81 bits per heavy atom. The van der Waals surface area contributed by atoms with Crippen molar-refractivity contribution in [2.45, 2.75) is 6.04 Å². The van der Waals surface area contributed by atoms with Crippen LogP contribution in [0.4, 0.5) is 0 Å². The quantitative estimate of drug-likeness (QED) is 0.843. The number of hydrogen-bond donors (Lipinski definition) is 1. The molecule has 0 aliphatic carbocycles. The van der Waals surface area contributed by atoms with E-state index < -0.39 is 0 Å². The number of para-hydroxylation sites is 1. The molecular formula is C12H13N3O. The predicted octanol–water partition coefficient (Wildman–Crippen LogP) is 1.53. The minimum atomic E-state index is -0.364. The Morgan fingerprint density at radius 3 is 2.50 bits per heavy atom. The maximum absolute atomic E-state index is 6.09. The zero-order chi connectivity index (χ0) is 11.4. The minimum Gasteiger partial charge on any atom is -0.496 e. The van der Waals surface area contributed by atoms with Crippen molar-refractivity contribution in [3.63, 3.8) is 0 Å². The van der Waals surface area contributed by atoms with Gasteiger partial charge in [0, 0.05) is 18.0 Å². The second kappa shape index (κ2) is 4.72. The van der Waals surface area contributed by atoms with Gasteiger partial charge in [-0.1, -0.05) is 18.2 Å². The van der Waals surface area contributed by atoms with Crippen molar-refractivity contribution in [1.29, 1.82) is 0 Å². The lowest BCUT2D eigenvalue weighted by molar-refractivity contribution is 0.407. The van der Waals surface area contributed by atoms with Crippen molar-refractivity contribution in [1.82, 2.24) is 9.97 Å². The third-order valence-electron chi connectivity index (χ3n) is 2.34. The van der Waals surface area contributed by atoms with Gasteiger partial charge in [0.05, 0.1) is 13.2 Å². The van der Waals surface area contributed by atoms with E-state index in [9.17, 15) is 0 Å². The van der Waals surface area contributed by atoms with Crippen molar-refractivity contribution in [2.24, 2.45) is 5.73 Å². The molecule has 1 aromatic heterocycles. The average molecular weight is 215 g/mol. The van der Waals surface area contributed by atoms with Gasteiger partial charge >= 0.3 is 0 Å². The van der Waals surface area contributed by atoms with Gasteiger partial charge in [-0.3, -0.25) is 0 Å². The molecular weight excluding hydrogens is 202 g/mol. The molecule has 0 saturated carbocycles. The molecule has 1 heterocycles. The molecule has 1 unspecified atom stereocenters. The van der Waals surface area contributed by atoms with Crippen molar-refractivity contribution in [2.75, 3.05) is 7.11 Å². The second-order valence-electron chi connectivity index (χ2n) is 3.33. The number of benzene rings is 1. The Hall–Kier alpha value is -1.94. The van der Waals surface area contributed by atoms with E-state index in [1.165, 1.54) is 0 Å². The fourth-order valence-electron chi connectivity index (χ4n) is 1.53. The molecule has 1 atom stereocenters. The molecule has 0 spiro atoms. The summed E-state index contributed by atoms with van der Waals surface area (Å²) < 4.78 is 5.25. The van der Waals surface area contributed by atoms with E-state index in [0.29, 0.717) is 5.82 Å². The lowest BCUT2D eigenvalue weighted by atomic mass is 10.1. The Kier molecular flexibility index (Phi) is 3.12. The van der Waals surface area contributed by atoms with Crippen LogP contribution in [0.5, 0.6) is 5.75 Å². The summed E-state index contributed by atoms with van der Waals surface area (Å²) in [6.07, 6.45) is 3.36. The predicted molar refractivity (Wildman–Crippen MR) is 61.1 cm³/mol. The molecule has 0 saturated heterocycles. The highest BCUT2D eigenvalue weighted by Gasteiger charge is 2.15. The summed E-state index contributed by atoms with van der Waals surface area (Å²) in [7, 11) is 1.62. The van der Waals surface area contributed by atoms with E-state index in [1.807, 2.05) is 24.3 Å². The Morgan fingerprint density at radius 1 is 1.12 bits per heavy atom. The molecule has 82 valence electrons. The van der Waals surface area contributed by atoms with Gasteiger partial charge < -0.3 is 10.5 Å². The van der Waals surface area contributed by atoms with E-state index in [1.54, 1.807) is 25.6 Å². The van der Waals surface area contributed by atoms with Crippen LogP contribution >= 0.6 is 0 Å². The third kappa shape index (κ3) is 2.01. The van der Waals surface area contributed by atoms with Crippen LogP contribution in [0.15, 0.2) is 42.7 Å². The number of aromatic nitrogens is 2. The molecule has 1 aromatic carbocycles. The fourth-order valence-corrected chi connectivity index (χ4v) is 1.53. The van der Waals surface area contributed by atoms with E-state index >= 15 is 0 Å². The molecule has 16 heavy (non-hydrogen) atoms. The van der Waals surface area contributed by atoms with Crippen LogP contribution in [0.3, 0.4) is 0 Å². The lowest BCUT2D eigenvalue weighted by Crippen LogP contribution is -2.15. The first-order chi connectivity index (χ1) is 7.83. The monoisotopic (exact) mass is 215 g/mol. The van der Waals surface area contributed by atoms with Crippen LogP contribution in [0.2, 0.25) is 0 Å². The molecule has 4 nitrogen and oxygen atoms in total. The maximum atomic E-state index is 6.09. The molecule has 0 fully saturated rings. The van der Waals surface area contributed by atoms with Crippen LogP contribution < -0.4 is 10.5 Å². The SMILES string of the molecule is COc1ccccc1C(N)c1ncccn1. The van der Waals surface area contributed by atoms with E-state index in [2.05, 4.69) is 9.97 Å². The molecule has 0 aliphatic rings. The van der Waals surface area contributed by atoms with Gasteiger partial charge in [-0.2, -0.15) is 0 Å². The van der Waals surface area contributed by atoms with Gasteiger partial charge in [0.15, 0.2) is 0 Å². The first-order valence-electron chi connectivity index (χ1n) is 4.98. The number of rotatable bonds is 3. The summed E-state index contributed by atoms with van der Waals surface area (Å²) in [5.41, 5.74) is 6.97. The molecule has 2 rings (SSSR count). The molecule has 2 N–H and O–H groups in total. The number of nitrogens with two attached hydrogens (primary N) is 1. The standard InChI is InChI=1S/C12H13N3O/c1-16-10-6-3-2-5-9(10)11(13)12-14-7-4-8-15-12/h2-8,11H,13H2,1H3. The summed E-state index contributed by atoms with van der Waals surface area (Å²) in [6.45, 7) is 0. The lowest BCUT2D eigenvalue weighted by Gasteiger charge is -2.13. The smallest absolute Gasteiger partial charge is 0.149 e. The van der Waals surface area contributed by atoms with Crippen molar-refractivity contribution >= 4 is 0 Å². The highest BCUT2D eigenvalue weighted by Crippen LogP contribution is 2.25. The van der Waals surface area contributed by atoms with Crippen LogP contribution in [-0.4, -0.2) is 17.1 Å². The van der Waals surface area contributed by atoms with Gasteiger partial charge in [-0.25, -0.2) is 9.97 Å². The number of nitrogens with zero attached hydrogens (tertiary/aromatic N) is 2.